The van der Waals surface area contributed by atoms with E-state index in [2.05, 4.69) is 13.5 Å². The van der Waals surface area contributed by atoms with Crippen LogP contribution < -0.4 is 5.73 Å². The molecule has 2 atom stereocenters. The predicted octanol–water partition coefficient (Wildman–Crippen LogP) is 2.92. The maximum atomic E-state index is 9.89. The monoisotopic (exact) mass is 217 g/mol. The molecule has 0 aliphatic heterocycles. The number of nitrogens with two attached hydrogens (primary N) is 1. The maximum absolute atomic E-state index is 9.89. The average Bonchev–Trinajstić information content (AvgIpc) is 2.25. The van der Waals surface area contributed by atoms with Gasteiger partial charge in [-0.3, -0.25) is 0 Å². The van der Waals surface area contributed by atoms with E-state index in [1.807, 2.05) is 18.2 Å². The number of aromatic hydroxyl groups is 1. The largest absolute Gasteiger partial charge is 0.508 e. The molecular weight excluding hydrogens is 198 g/mol. The van der Waals surface area contributed by atoms with E-state index in [4.69, 9.17) is 5.73 Å². The standard InChI is InChI=1S/C14H19NO/c1-10-7-8-14(15,11(2)9-10)12-5-3-4-6-13(12)16/h3-6,10,16H,2,7-9,15H2,1H3. The number of para-hydroxylation sites is 1. The first-order chi connectivity index (χ1) is 7.54. The van der Waals surface area contributed by atoms with Crippen LogP contribution in [-0.2, 0) is 5.54 Å². The van der Waals surface area contributed by atoms with Gasteiger partial charge in [0.15, 0.2) is 0 Å². The lowest BCUT2D eigenvalue weighted by Crippen LogP contribution is -2.42. The van der Waals surface area contributed by atoms with Crippen LogP contribution in [0.3, 0.4) is 0 Å². The van der Waals surface area contributed by atoms with E-state index in [9.17, 15) is 5.11 Å². The molecule has 1 aliphatic carbocycles. The SMILES string of the molecule is C=C1CC(C)CCC1(N)c1ccccc1O. The van der Waals surface area contributed by atoms with Crippen molar-refractivity contribution in [2.24, 2.45) is 11.7 Å². The lowest BCUT2D eigenvalue weighted by Gasteiger charge is -2.39. The zero-order valence-corrected chi connectivity index (χ0v) is 9.74. The molecule has 2 heteroatoms. The minimum Gasteiger partial charge on any atom is -0.508 e. The van der Waals surface area contributed by atoms with Crippen molar-refractivity contribution >= 4 is 0 Å². The second-order valence-corrected chi connectivity index (χ2v) is 4.94. The number of rotatable bonds is 1. The Balaban J connectivity index is 2.39. The predicted molar refractivity (Wildman–Crippen MR) is 66.1 cm³/mol. The van der Waals surface area contributed by atoms with Crippen molar-refractivity contribution in [3.63, 3.8) is 0 Å². The molecule has 0 aromatic heterocycles. The van der Waals surface area contributed by atoms with Gasteiger partial charge in [-0.1, -0.05) is 37.3 Å². The number of hydrogen-bond acceptors (Lipinski definition) is 2. The normalized spacial score (nSPS) is 30.4. The number of hydrogen-bond donors (Lipinski definition) is 2. The summed E-state index contributed by atoms with van der Waals surface area (Å²) < 4.78 is 0. The Morgan fingerprint density at radius 1 is 1.44 bits per heavy atom. The van der Waals surface area contributed by atoms with Crippen LogP contribution in [0.15, 0.2) is 36.4 Å². The zero-order valence-electron chi connectivity index (χ0n) is 9.74. The molecule has 2 nitrogen and oxygen atoms in total. The third kappa shape index (κ3) is 1.74. The van der Waals surface area contributed by atoms with E-state index in [-0.39, 0.29) is 5.75 Å². The molecule has 1 fully saturated rings. The molecule has 2 unspecified atom stereocenters. The molecule has 0 saturated heterocycles. The van der Waals surface area contributed by atoms with Crippen molar-refractivity contribution in [1.82, 2.24) is 0 Å². The van der Waals surface area contributed by atoms with Crippen molar-refractivity contribution in [1.29, 1.82) is 0 Å². The van der Waals surface area contributed by atoms with Crippen molar-refractivity contribution in [3.8, 4) is 5.75 Å². The molecular formula is C14H19NO. The Labute approximate surface area is 96.8 Å². The van der Waals surface area contributed by atoms with Gasteiger partial charge in [0.1, 0.15) is 5.75 Å². The summed E-state index contributed by atoms with van der Waals surface area (Å²) in [6.07, 6.45) is 2.90. The average molecular weight is 217 g/mol. The van der Waals surface area contributed by atoms with Gasteiger partial charge in [-0.2, -0.15) is 0 Å². The molecule has 1 saturated carbocycles. The Morgan fingerprint density at radius 2 is 2.12 bits per heavy atom. The summed E-state index contributed by atoms with van der Waals surface area (Å²) in [6.45, 7) is 6.32. The second-order valence-electron chi connectivity index (χ2n) is 4.94. The quantitative estimate of drug-likeness (QED) is 0.710. The summed E-state index contributed by atoms with van der Waals surface area (Å²) in [5.74, 6) is 0.927. The fourth-order valence-electron chi connectivity index (χ4n) is 2.53. The van der Waals surface area contributed by atoms with Gasteiger partial charge < -0.3 is 10.8 Å². The zero-order chi connectivity index (χ0) is 11.8. The molecule has 1 aromatic rings. The first-order valence-electron chi connectivity index (χ1n) is 5.79. The fraction of sp³-hybridized carbons (Fsp3) is 0.429. The van der Waals surface area contributed by atoms with Gasteiger partial charge >= 0.3 is 0 Å². The highest BCUT2D eigenvalue weighted by Crippen LogP contribution is 2.43. The molecule has 1 aromatic carbocycles. The maximum Gasteiger partial charge on any atom is 0.120 e. The van der Waals surface area contributed by atoms with Gasteiger partial charge in [0, 0.05) is 5.56 Å². The van der Waals surface area contributed by atoms with Gasteiger partial charge in [-0.15, -0.1) is 0 Å². The Hall–Kier alpha value is -1.28. The lowest BCUT2D eigenvalue weighted by molar-refractivity contribution is 0.320. The Bertz CT molecular complexity index is 413. The van der Waals surface area contributed by atoms with Crippen LogP contribution in [0.5, 0.6) is 5.75 Å². The van der Waals surface area contributed by atoms with E-state index in [0.717, 1.165) is 30.4 Å². The summed E-state index contributed by atoms with van der Waals surface area (Å²) in [7, 11) is 0. The van der Waals surface area contributed by atoms with E-state index in [0.29, 0.717) is 5.92 Å². The van der Waals surface area contributed by atoms with E-state index < -0.39 is 5.54 Å². The number of phenols is 1. The van der Waals surface area contributed by atoms with Crippen molar-refractivity contribution in [2.45, 2.75) is 31.7 Å². The summed E-state index contributed by atoms with van der Waals surface area (Å²) in [5, 5.41) is 9.89. The first kappa shape index (κ1) is 11.2. The molecule has 1 aliphatic rings. The second kappa shape index (κ2) is 3.95. The molecule has 0 amide bonds. The minimum absolute atomic E-state index is 0.278. The summed E-state index contributed by atoms with van der Waals surface area (Å²) in [5.41, 5.74) is 7.73. The summed E-state index contributed by atoms with van der Waals surface area (Å²) >= 11 is 0. The van der Waals surface area contributed by atoms with Crippen LogP contribution >= 0.6 is 0 Å². The number of benzene rings is 1. The molecule has 86 valence electrons. The highest BCUT2D eigenvalue weighted by molar-refractivity contribution is 5.44. The van der Waals surface area contributed by atoms with E-state index in [1.54, 1.807) is 6.07 Å². The highest BCUT2D eigenvalue weighted by Gasteiger charge is 2.36. The Kier molecular flexibility index (Phi) is 2.76. The smallest absolute Gasteiger partial charge is 0.120 e. The van der Waals surface area contributed by atoms with Crippen LogP contribution in [0.2, 0.25) is 0 Å². The molecule has 2 rings (SSSR count). The molecule has 0 bridgehead atoms. The molecule has 16 heavy (non-hydrogen) atoms. The third-order valence-corrected chi connectivity index (χ3v) is 3.64. The van der Waals surface area contributed by atoms with E-state index >= 15 is 0 Å². The van der Waals surface area contributed by atoms with Gasteiger partial charge in [0.2, 0.25) is 0 Å². The first-order valence-corrected chi connectivity index (χ1v) is 5.79. The van der Waals surface area contributed by atoms with Gasteiger partial charge in [-0.25, -0.2) is 0 Å². The van der Waals surface area contributed by atoms with Gasteiger partial charge in [0.25, 0.3) is 0 Å². The van der Waals surface area contributed by atoms with Crippen LogP contribution in [0, 0.1) is 5.92 Å². The summed E-state index contributed by atoms with van der Waals surface area (Å²) in [6, 6.07) is 7.32. The van der Waals surface area contributed by atoms with Crippen LogP contribution in [0.25, 0.3) is 0 Å². The molecule has 0 spiro atoms. The number of phenolic OH excluding ortho intramolecular Hbond substituents is 1. The highest BCUT2D eigenvalue weighted by atomic mass is 16.3. The lowest BCUT2D eigenvalue weighted by atomic mass is 9.71. The molecule has 3 N–H and O–H groups in total. The third-order valence-electron chi connectivity index (χ3n) is 3.64. The Morgan fingerprint density at radius 3 is 2.75 bits per heavy atom. The topological polar surface area (TPSA) is 46.2 Å². The van der Waals surface area contributed by atoms with Gasteiger partial charge in [-0.05, 0) is 31.2 Å². The minimum atomic E-state index is -0.544. The van der Waals surface area contributed by atoms with Crippen molar-refractivity contribution in [2.75, 3.05) is 0 Å². The van der Waals surface area contributed by atoms with Crippen LogP contribution in [0.1, 0.15) is 31.7 Å². The van der Waals surface area contributed by atoms with Crippen molar-refractivity contribution < 1.29 is 5.11 Å². The van der Waals surface area contributed by atoms with Crippen LogP contribution in [-0.4, -0.2) is 5.11 Å². The fourth-order valence-corrected chi connectivity index (χ4v) is 2.53. The van der Waals surface area contributed by atoms with Crippen LogP contribution in [0.4, 0.5) is 0 Å². The molecule has 0 heterocycles. The summed E-state index contributed by atoms with van der Waals surface area (Å²) in [4.78, 5) is 0. The van der Waals surface area contributed by atoms with Gasteiger partial charge in [0.05, 0.1) is 5.54 Å². The molecule has 0 radical (unpaired) electrons. The van der Waals surface area contributed by atoms with E-state index in [1.165, 1.54) is 0 Å². The van der Waals surface area contributed by atoms with Crippen molar-refractivity contribution in [3.05, 3.63) is 42.0 Å².